The summed E-state index contributed by atoms with van der Waals surface area (Å²) in [6, 6.07) is 10.4. The molecule has 3 aliphatic heterocycles. The van der Waals surface area contributed by atoms with E-state index < -0.39 is 17.5 Å². The average Bonchev–Trinajstić information content (AvgIpc) is 3.59. The van der Waals surface area contributed by atoms with Crippen molar-refractivity contribution in [3.8, 4) is 17.2 Å². The molecule has 12 heteroatoms. The van der Waals surface area contributed by atoms with Crippen LogP contribution in [0.25, 0.3) is 5.57 Å². The Labute approximate surface area is 238 Å². The molecular formula is C27H23NO8S3. The normalized spacial score (nSPS) is 17.3. The molecule has 0 N–H and O–H groups in total. The van der Waals surface area contributed by atoms with Gasteiger partial charge < -0.3 is 23.7 Å². The van der Waals surface area contributed by atoms with Crippen LogP contribution in [-0.2, 0) is 19.1 Å². The minimum Gasteiger partial charge on any atom is -0.497 e. The SMILES string of the molecule is COC(=O)C1=C(C(=O)OC)SC(=C2C(=S)C(C)(C)N(C(=O)c3ccc4c(c3)OCO4)c3ccc(OC)cc32)S1. The number of hydrogen-bond donors (Lipinski definition) is 0. The van der Waals surface area contributed by atoms with Crippen LogP contribution in [0, 0.1) is 0 Å². The highest BCUT2D eigenvalue weighted by Crippen LogP contribution is 2.56. The van der Waals surface area contributed by atoms with E-state index in [1.165, 1.54) is 14.2 Å². The molecule has 0 saturated carbocycles. The van der Waals surface area contributed by atoms with E-state index in [0.717, 1.165) is 23.5 Å². The number of methoxy groups -OCH3 is 3. The summed E-state index contributed by atoms with van der Waals surface area (Å²) in [7, 11) is 4.03. The number of carbonyl (C=O) groups excluding carboxylic acids is 3. The number of thioether (sulfide) groups is 2. The second-order valence-electron chi connectivity index (χ2n) is 8.99. The first-order chi connectivity index (χ1) is 18.6. The number of benzene rings is 2. The molecule has 2 aromatic carbocycles. The number of esters is 2. The lowest BCUT2D eigenvalue weighted by Gasteiger charge is -2.45. The van der Waals surface area contributed by atoms with E-state index in [-0.39, 0.29) is 22.5 Å². The number of rotatable bonds is 4. The zero-order valence-corrected chi connectivity index (χ0v) is 24.1. The highest BCUT2D eigenvalue weighted by molar-refractivity contribution is 8.29. The molecule has 39 heavy (non-hydrogen) atoms. The minimum absolute atomic E-state index is 0.0936. The van der Waals surface area contributed by atoms with Gasteiger partial charge in [0.25, 0.3) is 5.91 Å². The predicted octanol–water partition coefficient (Wildman–Crippen LogP) is 4.94. The number of nitrogens with zero attached hydrogens (tertiary/aromatic N) is 1. The van der Waals surface area contributed by atoms with E-state index in [2.05, 4.69) is 0 Å². The van der Waals surface area contributed by atoms with Crippen molar-refractivity contribution in [1.82, 2.24) is 0 Å². The maximum Gasteiger partial charge on any atom is 0.346 e. The van der Waals surface area contributed by atoms with Crippen molar-refractivity contribution >= 4 is 69.7 Å². The Morgan fingerprint density at radius 2 is 1.56 bits per heavy atom. The lowest BCUT2D eigenvalue weighted by Crippen LogP contribution is -2.56. The van der Waals surface area contributed by atoms with Crippen LogP contribution in [0.4, 0.5) is 5.69 Å². The Bertz CT molecular complexity index is 1480. The Kier molecular flexibility index (Phi) is 7.12. The van der Waals surface area contributed by atoms with Gasteiger partial charge in [-0.05, 0) is 50.2 Å². The predicted molar refractivity (Wildman–Crippen MR) is 152 cm³/mol. The van der Waals surface area contributed by atoms with Gasteiger partial charge in [0.15, 0.2) is 11.5 Å². The first-order valence-electron chi connectivity index (χ1n) is 11.6. The van der Waals surface area contributed by atoms with Gasteiger partial charge in [-0.15, -0.1) is 0 Å². The second kappa shape index (κ2) is 10.2. The fraction of sp³-hybridized carbons (Fsp3) is 0.259. The Hall–Kier alpha value is -3.48. The summed E-state index contributed by atoms with van der Waals surface area (Å²) < 4.78 is 26.8. The van der Waals surface area contributed by atoms with E-state index >= 15 is 0 Å². The molecule has 0 aromatic heterocycles. The lowest BCUT2D eigenvalue weighted by molar-refractivity contribution is -0.138. The van der Waals surface area contributed by atoms with Crippen LogP contribution in [0.5, 0.6) is 17.2 Å². The quantitative estimate of drug-likeness (QED) is 0.277. The molecule has 202 valence electrons. The van der Waals surface area contributed by atoms with Crippen LogP contribution in [0.2, 0.25) is 0 Å². The van der Waals surface area contributed by atoms with Crippen LogP contribution in [0.3, 0.4) is 0 Å². The van der Waals surface area contributed by atoms with Crippen molar-refractivity contribution in [3.63, 3.8) is 0 Å². The molecule has 5 rings (SSSR count). The van der Waals surface area contributed by atoms with E-state index in [9.17, 15) is 14.4 Å². The maximum atomic E-state index is 14.0. The van der Waals surface area contributed by atoms with Gasteiger partial charge in [0.2, 0.25) is 6.79 Å². The Morgan fingerprint density at radius 3 is 2.18 bits per heavy atom. The van der Waals surface area contributed by atoms with Gasteiger partial charge in [-0.3, -0.25) is 9.69 Å². The highest BCUT2D eigenvalue weighted by Gasteiger charge is 2.46. The number of hydrogen-bond acceptors (Lipinski definition) is 11. The molecular weight excluding hydrogens is 562 g/mol. The van der Waals surface area contributed by atoms with Crippen LogP contribution in [-0.4, -0.2) is 56.4 Å². The van der Waals surface area contributed by atoms with Crippen LogP contribution >= 0.6 is 35.7 Å². The van der Waals surface area contributed by atoms with Crippen molar-refractivity contribution in [1.29, 1.82) is 0 Å². The van der Waals surface area contributed by atoms with Crippen LogP contribution < -0.4 is 19.1 Å². The standard InChI is InChI=1S/C27H23NO8S3/c1-27(2)22(37)19(26-38-20(24(30)33-4)21(39-26)25(31)34-5)15-11-14(32-3)7-8-16(15)28(27)23(29)13-6-9-17-18(10-13)36-12-35-17/h6-11H,12H2,1-5H3. The molecule has 1 amide bonds. The summed E-state index contributed by atoms with van der Waals surface area (Å²) in [6.45, 7) is 3.80. The third-order valence-corrected chi connectivity index (χ3v) is 9.68. The topological polar surface area (TPSA) is 101 Å². The number of ether oxygens (including phenoxy) is 5. The lowest BCUT2D eigenvalue weighted by atomic mass is 9.82. The largest absolute Gasteiger partial charge is 0.497 e. The summed E-state index contributed by atoms with van der Waals surface area (Å²) in [4.78, 5) is 41.4. The monoisotopic (exact) mass is 585 g/mol. The molecule has 0 radical (unpaired) electrons. The first-order valence-corrected chi connectivity index (χ1v) is 13.6. The summed E-state index contributed by atoms with van der Waals surface area (Å²) >= 11 is 8.21. The first kappa shape index (κ1) is 27.1. The zero-order valence-electron chi connectivity index (χ0n) is 21.6. The summed E-state index contributed by atoms with van der Waals surface area (Å²) in [6.07, 6.45) is 0. The minimum atomic E-state index is -0.979. The molecule has 9 nitrogen and oxygen atoms in total. The van der Waals surface area contributed by atoms with E-state index in [0.29, 0.717) is 48.7 Å². The van der Waals surface area contributed by atoms with Crippen molar-refractivity contribution < 1.29 is 38.1 Å². The van der Waals surface area contributed by atoms with Crippen molar-refractivity contribution in [2.75, 3.05) is 33.0 Å². The fourth-order valence-electron chi connectivity index (χ4n) is 4.45. The number of amides is 1. The molecule has 2 aromatic rings. The van der Waals surface area contributed by atoms with Gasteiger partial charge in [-0.2, -0.15) is 0 Å². The zero-order chi connectivity index (χ0) is 28.1. The van der Waals surface area contributed by atoms with Gasteiger partial charge in [0, 0.05) is 16.7 Å². The summed E-state index contributed by atoms with van der Waals surface area (Å²) in [5, 5.41) is 0. The molecule has 0 bridgehead atoms. The molecule has 0 unspecified atom stereocenters. The van der Waals surface area contributed by atoms with Crippen molar-refractivity contribution in [2.24, 2.45) is 0 Å². The van der Waals surface area contributed by atoms with Gasteiger partial charge in [0.05, 0.1) is 41.7 Å². The Morgan fingerprint density at radius 1 is 0.923 bits per heavy atom. The average molecular weight is 586 g/mol. The van der Waals surface area contributed by atoms with Crippen LogP contribution in [0.15, 0.2) is 50.4 Å². The highest BCUT2D eigenvalue weighted by atomic mass is 32.2. The summed E-state index contributed by atoms with van der Waals surface area (Å²) in [5.74, 6) is 0.0119. The number of anilines is 1. The number of carbonyl (C=O) groups is 3. The van der Waals surface area contributed by atoms with Crippen molar-refractivity contribution in [2.45, 2.75) is 19.4 Å². The smallest absolute Gasteiger partial charge is 0.346 e. The molecule has 0 fully saturated rings. The fourth-order valence-corrected chi connectivity index (χ4v) is 7.48. The van der Waals surface area contributed by atoms with Gasteiger partial charge >= 0.3 is 11.9 Å². The number of thiocarbonyl (C=S) groups is 1. The molecule has 3 aliphatic rings. The van der Waals surface area contributed by atoms with Gasteiger partial charge in [0.1, 0.15) is 15.6 Å². The molecule has 0 saturated heterocycles. The molecule has 0 spiro atoms. The van der Waals surface area contributed by atoms with E-state index in [4.69, 9.17) is 35.9 Å². The molecule has 0 aliphatic carbocycles. The Balaban J connectivity index is 1.67. The van der Waals surface area contributed by atoms with E-state index in [1.54, 1.807) is 48.4 Å². The molecule has 0 atom stereocenters. The van der Waals surface area contributed by atoms with E-state index in [1.807, 2.05) is 13.8 Å². The van der Waals surface area contributed by atoms with Gasteiger partial charge in [-0.1, -0.05) is 35.7 Å². The number of fused-ring (bicyclic) bond motifs is 2. The third kappa shape index (κ3) is 4.46. The second-order valence-corrected chi connectivity index (χ2v) is 11.7. The maximum absolute atomic E-state index is 14.0. The third-order valence-electron chi connectivity index (χ3n) is 6.42. The van der Waals surface area contributed by atoms with Crippen LogP contribution in [0.1, 0.15) is 29.8 Å². The summed E-state index contributed by atoms with van der Waals surface area (Å²) in [5.41, 5.74) is 1.26. The van der Waals surface area contributed by atoms with Crippen molar-refractivity contribution in [3.05, 3.63) is 61.6 Å². The van der Waals surface area contributed by atoms with Gasteiger partial charge in [-0.25, -0.2) is 9.59 Å². The molecule has 3 heterocycles.